The molecule has 0 bridgehead atoms. The molecular weight excluding hydrogens is 252 g/mol. The molecule has 0 aromatic heterocycles. The van der Waals surface area contributed by atoms with Crippen molar-refractivity contribution in [2.24, 2.45) is 11.8 Å². The average molecular weight is 282 g/mol. The van der Waals surface area contributed by atoms with E-state index >= 15 is 0 Å². The van der Waals surface area contributed by atoms with Gasteiger partial charge in [-0.25, -0.2) is 0 Å². The second-order valence-corrected chi connectivity index (χ2v) is 6.65. The molecule has 2 rings (SSSR count). The lowest BCUT2D eigenvalue weighted by molar-refractivity contribution is -0.136. The van der Waals surface area contributed by atoms with Gasteiger partial charge in [-0.2, -0.15) is 0 Å². The maximum absolute atomic E-state index is 12.8. The van der Waals surface area contributed by atoms with E-state index in [0.29, 0.717) is 31.1 Å². The molecule has 1 amide bonds. The number of nitrogens with one attached hydrogen (secondary N) is 1. The van der Waals surface area contributed by atoms with Gasteiger partial charge in [0.2, 0.25) is 5.91 Å². The van der Waals surface area contributed by atoms with Crippen molar-refractivity contribution in [3.8, 4) is 0 Å². The zero-order valence-corrected chi connectivity index (χ0v) is 13.2. The van der Waals surface area contributed by atoms with Crippen LogP contribution in [0, 0.1) is 11.8 Å². The van der Waals surface area contributed by atoms with Gasteiger partial charge in [-0.15, -0.1) is 0 Å². The molecule has 1 saturated heterocycles. The number of hydrogen-bond acceptors (Lipinski definition) is 3. The minimum Gasteiger partial charge on any atom is -0.379 e. The predicted molar refractivity (Wildman–Crippen MR) is 80.6 cm³/mol. The van der Waals surface area contributed by atoms with E-state index in [-0.39, 0.29) is 12.0 Å². The summed E-state index contributed by atoms with van der Waals surface area (Å²) in [6.45, 7) is 9.74. The van der Waals surface area contributed by atoms with E-state index in [1.165, 1.54) is 12.8 Å². The van der Waals surface area contributed by atoms with Crippen LogP contribution in [0.5, 0.6) is 0 Å². The molecule has 0 spiro atoms. The van der Waals surface area contributed by atoms with Crippen LogP contribution in [0.15, 0.2) is 0 Å². The van der Waals surface area contributed by atoms with Gasteiger partial charge in [0.05, 0.1) is 19.1 Å². The van der Waals surface area contributed by atoms with Crippen molar-refractivity contribution in [2.45, 2.75) is 58.5 Å². The standard InChI is InChI=1S/C16H30N2O2/c1-4-8-17-15-11-20-10-14(15)16(19)18(13-5-6-13)9-7-12(2)3/h12-15,17H,4-11H2,1-3H3. The Balaban J connectivity index is 1.91. The third-order valence-corrected chi connectivity index (χ3v) is 4.27. The summed E-state index contributed by atoms with van der Waals surface area (Å²) in [4.78, 5) is 15.0. The van der Waals surface area contributed by atoms with Crippen LogP contribution >= 0.6 is 0 Å². The van der Waals surface area contributed by atoms with Gasteiger partial charge in [-0.3, -0.25) is 4.79 Å². The molecule has 1 aliphatic heterocycles. The van der Waals surface area contributed by atoms with E-state index < -0.39 is 0 Å². The van der Waals surface area contributed by atoms with Crippen LogP contribution in [-0.2, 0) is 9.53 Å². The molecule has 2 unspecified atom stereocenters. The first-order chi connectivity index (χ1) is 9.63. The molecule has 4 nitrogen and oxygen atoms in total. The first-order valence-corrected chi connectivity index (χ1v) is 8.25. The molecule has 1 saturated carbocycles. The molecule has 2 fully saturated rings. The second kappa shape index (κ2) is 7.41. The molecule has 2 aliphatic rings. The van der Waals surface area contributed by atoms with Crippen LogP contribution in [0.3, 0.4) is 0 Å². The highest BCUT2D eigenvalue weighted by molar-refractivity contribution is 5.80. The lowest BCUT2D eigenvalue weighted by atomic mass is 10.0. The molecule has 4 heteroatoms. The van der Waals surface area contributed by atoms with Gasteiger partial charge < -0.3 is 15.0 Å². The van der Waals surface area contributed by atoms with Crippen molar-refractivity contribution in [3.05, 3.63) is 0 Å². The van der Waals surface area contributed by atoms with Crippen LogP contribution in [0.1, 0.15) is 46.5 Å². The quantitative estimate of drug-likeness (QED) is 0.741. The number of carbonyl (C=O) groups is 1. The maximum atomic E-state index is 12.8. The highest BCUT2D eigenvalue weighted by atomic mass is 16.5. The van der Waals surface area contributed by atoms with Gasteiger partial charge in [0.15, 0.2) is 0 Å². The van der Waals surface area contributed by atoms with Crippen LogP contribution in [-0.4, -0.2) is 49.2 Å². The van der Waals surface area contributed by atoms with Gasteiger partial charge in [0.25, 0.3) is 0 Å². The summed E-state index contributed by atoms with van der Waals surface area (Å²) in [6, 6.07) is 0.719. The molecular formula is C16H30N2O2. The van der Waals surface area contributed by atoms with E-state index in [4.69, 9.17) is 4.74 Å². The Kier molecular flexibility index (Phi) is 5.85. The summed E-state index contributed by atoms with van der Waals surface area (Å²) >= 11 is 0. The van der Waals surface area contributed by atoms with Crippen LogP contribution < -0.4 is 5.32 Å². The number of hydrogen-bond donors (Lipinski definition) is 1. The number of nitrogens with zero attached hydrogens (tertiary/aromatic N) is 1. The number of ether oxygens (including phenoxy) is 1. The van der Waals surface area contributed by atoms with Gasteiger partial charge in [0.1, 0.15) is 0 Å². The summed E-state index contributed by atoms with van der Waals surface area (Å²) in [5, 5.41) is 3.47. The fourth-order valence-electron chi connectivity index (χ4n) is 2.80. The molecule has 0 aromatic carbocycles. The summed E-state index contributed by atoms with van der Waals surface area (Å²) < 4.78 is 5.55. The van der Waals surface area contributed by atoms with E-state index in [1.54, 1.807) is 0 Å². The van der Waals surface area contributed by atoms with E-state index in [9.17, 15) is 4.79 Å². The number of rotatable bonds is 8. The fraction of sp³-hybridized carbons (Fsp3) is 0.938. The summed E-state index contributed by atoms with van der Waals surface area (Å²) in [5.41, 5.74) is 0. The van der Waals surface area contributed by atoms with Gasteiger partial charge >= 0.3 is 0 Å². The second-order valence-electron chi connectivity index (χ2n) is 6.65. The zero-order valence-electron chi connectivity index (χ0n) is 13.2. The summed E-state index contributed by atoms with van der Waals surface area (Å²) in [5.74, 6) is 0.992. The Morgan fingerprint density at radius 1 is 1.35 bits per heavy atom. The zero-order chi connectivity index (χ0) is 14.5. The van der Waals surface area contributed by atoms with Crippen molar-refractivity contribution >= 4 is 5.91 Å². The predicted octanol–water partition coefficient (Wildman–Crippen LogP) is 2.04. The average Bonchev–Trinajstić information content (AvgIpc) is 3.14. The topological polar surface area (TPSA) is 41.6 Å². The van der Waals surface area contributed by atoms with Crippen molar-refractivity contribution in [1.29, 1.82) is 0 Å². The van der Waals surface area contributed by atoms with Crippen molar-refractivity contribution in [1.82, 2.24) is 10.2 Å². The Hall–Kier alpha value is -0.610. The third kappa shape index (κ3) is 4.19. The Labute approximate surface area is 123 Å². The Morgan fingerprint density at radius 2 is 2.10 bits per heavy atom. The smallest absolute Gasteiger partial charge is 0.229 e. The number of amides is 1. The van der Waals surface area contributed by atoms with Gasteiger partial charge in [-0.1, -0.05) is 20.8 Å². The Bertz CT molecular complexity index is 316. The van der Waals surface area contributed by atoms with Gasteiger partial charge in [-0.05, 0) is 38.1 Å². The molecule has 1 aliphatic carbocycles. The Morgan fingerprint density at radius 3 is 2.70 bits per heavy atom. The molecule has 20 heavy (non-hydrogen) atoms. The van der Waals surface area contributed by atoms with Crippen LogP contribution in [0.4, 0.5) is 0 Å². The van der Waals surface area contributed by atoms with E-state index in [0.717, 1.165) is 25.9 Å². The number of carbonyl (C=O) groups excluding carboxylic acids is 1. The monoisotopic (exact) mass is 282 g/mol. The third-order valence-electron chi connectivity index (χ3n) is 4.27. The summed E-state index contributed by atoms with van der Waals surface area (Å²) in [6.07, 6.45) is 4.56. The fourth-order valence-corrected chi connectivity index (χ4v) is 2.80. The molecule has 0 radical (unpaired) electrons. The lowest BCUT2D eigenvalue weighted by Crippen LogP contribution is -2.47. The molecule has 2 atom stereocenters. The lowest BCUT2D eigenvalue weighted by Gasteiger charge is -2.28. The van der Waals surface area contributed by atoms with Gasteiger partial charge in [0, 0.05) is 18.6 Å². The first kappa shape index (κ1) is 15.8. The summed E-state index contributed by atoms with van der Waals surface area (Å²) in [7, 11) is 0. The molecule has 116 valence electrons. The molecule has 0 aromatic rings. The van der Waals surface area contributed by atoms with Crippen molar-refractivity contribution < 1.29 is 9.53 Å². The largest absolute Gasteiger partial charge is 0.379 e. The molecule has 1 heterocycles. The highest BCUT2D eigenvalue weighted by Crippen LogP contribution is 2.30. The normalized spacial score (nSPS) is 26.2. The minimum atomic E-state index is 0.0225. The van der Waals surface area contributed by atoms with Crippen LogP contribution in [0.25, 0.3) is 0 Å². The van der Waals surface area contributed by atoms with Crippen LogP contribution in [0.2, 0.25) is 0 Å². The first-order valence-electron chi connectivity index (χ1n) is 8.25. The maximum Gasteiger partial charge on any atom is 0.229 e. The van der Waals surface area contributed by atoms with Crippen molar-refractivity contribution in [2.75, 3.05) is 26.3 Å². The molecule has 1 N–H and O–H groups in total. The minimum absolute atomic E-state index is 0.0225. The van der Waals surface area contributed by atoms with Crippen molar-refractivity contribution in [3.63, 3.8) is 0 Å². The SMILES string of the molecule is CCCNC1COCC1C(=O)N(CCC(C)C)C1CC1. The van der Waals surface area contributed by atoms with E-state index in [2.05, 4.69) is 31.0 Å². The van der Waals surface area contributed by atoms with E-state index in [1.807, 2.05) is 0 Å². The highest BCUT2D eigenvalue weighted by Gasteiger charge is 2.40.